The van der Waals surface area contributed by atoms with E-state index in [9.17, 15) is 4.39 Å². The molecule has 0 aliphatic rings. The highest BCUT2D eigenvalue weighted by atomic mass is 35.5. The Labute approximate surface area is 134 Å². The molecule has 0 saturated carbocycles. The summed E-state index contributed by atoms with van der Waals surface area (Å²) in [5.41, 5.74) is 0.638. The summed E-state index contributed by atoms with van der Waals surface area (Å²) in [6.07, 6.45) is 10.0. The fraction of sp³-hybridized carbons (Fsp3) is 0.824. The zero-order valence-electron chi connectivity index (χ0n) is 14.0. The summed E-state index contributed by atoms with van der Waals surface area (Å²) in [5.74, 6) is 0. The van der Waals surface area contributed by atoms with Gasteiger partial charge in [0.15, 0.2) is 0 Å². The Bertz CT molecular complexity index is 431. The number of hydrogen-bond acceptors (Lipinski definition) is 1. The van der Waals surface area contributed by atoms with Crippen LogP contribution < -0.4 is 0 Å². The van der Waals surface area contributed by atoms with Gasteiger partial charge in [-0.3, -0.25) is 4.57 Å². The molecule has 0 spiro atoms. The summed E-state index contributed by atoms with van der Waals surface area (Å²) in [7, 11) is 1.64. The predicted octanol–water partition coefficient (Wildman–Crippen LogP) is 6.02. The molecule has 0 radical (unpaired) electrons. The molecule has 0 fully saturated rings. The quantitative estimate of drug-likeness (QED) is 0.482. The summed E-state index contributed by atoms with van der Waals surface area (Å²) in [5, 5.41) is 0.460. The number of halogens is 2. The van der Waals surface area contributed by atoms with Crippen LogP contribution in [0.5, 0.6) is 0 Å². The van der Waals surface area contributed by atoms with Gasteiger partial charge in [-0.15, -0.1) is 0 Å². The first-order valence-electron chi connectivity index (χ1n) is 8.34. The van der Waals surface area contributed by atoms with Crippen LogP contribution in [0.1, 0.15) is 84.3 Å². The highest BCUT2D eigenvalue weighted by Gasteiger charge is 2.32. The van der Waals surface area contributed by atoms with Crippen molar-refractivity contribution in [1.82, 2.24) is 9.55 Å². The Morgan fingerprint density at radius 2 is 1.57 bits per heavy atom. The first-order chi connectivity index (χ1) is 9.96. The van der Waals surface area contributed by atoms with Crippen molar-refractivity contribution < 1.29 is 4.39 Å². The Hall–Kier alpha value is -0.570. The van der Waals surface area contributed by atoms with Crippen molar-refractivity contribution in [1.29, 1.82) is 0 Å². The molecule has 0 aromatic carbocycles. The van der Waals surface area contributed by atoms with Gasteiger partial charge >= 0.3 is 0 Å². The van der Waals surface area contributed by atoms with Crippen LogP contribution in [0.3, 0.4) is 0 Å². The first-order valence-corrected chi connectivity index (χ1v) is 8.72. The zero-order valence-corrected chi connectivity index (χ0v) is 14.8. The van der Waals surface area contributed by atoms with Gasteiger partial charge in [0, 0.05) is 12.5 Å². The van der Waals surface area contributed by atoms with E-state index in [2.05, 4.69) is 25.8 Å². The van der Waals surface area contributed by atoms with Crippen LogP contribution in [0.25, 0.3) is 0 Å². The molecular weight excluding hydrogens is 287 g/mol. The van der Waals surface area contributed by atoms with E-state index in [0.29, 0.717) is 5.15 Å². The minimum Gasteiger partial charge on any atom is -0.294 e. The molecule has 0 N–H and O–H groups in total. The molecule has 1 aromatic rings. The summed E-state index contributed by atoms with van der Waals surface area (Å²) in [4.78, 5) is 4.12. The average molecular weight is 317 g/mol. The van der Waals surface area contributed by atoms with E-state index in [-0.39, 0.29) is 5.41 Å². The standard InChI is InChI=1S/C17H30ClFN2/c1-5-7-9-11-13-17(3,12-10-8-6-2)14-15(18)21(4)16(19)20-14/h5-13H2,1-4H3. The van der Waals surface area contributed by atoms with Crippen molar-refractivity contribution >= 4 is 11.6 Å². The maximum absolute atomic E-state index is 13.7. The number of rotatable bonds is 10. The van der Waals surface area contributed by atoms with Gasteiger partial charge in [-0.05, 0) is 12.8 Å². The van der Waals surface area contributed by atoms with Crippen LogP contribution in [0.15, 0.2) is 0 Å². The first kappa shape index (κ1) is 18.5. The van der Waals surface area contributed by atoms with E-state index >= 15 is 0 Å². The van der Waals surface area contributed by atoms with Crippen LogP contribution in [0, 0.1) is 6.08 Å². The molecule has 0 aliphatic carbocycles. The molecule has 1 rings (SSSR count). The van der Waals surface area contributed by atoms with Crippen LogP contribution in [0.4, 0.5) is 4.39 Å². The number of unbranched alkanes of at least 4 members (excludes halogenated alkanes) is 5. The van der Waals surface area contributed by atoms with E-state index in [1.165, 1.54) is 36.7 Å². The molecular formula is C17H30ClFN2. The molecule has 0 amide bonds. The molecule has 21 heavy (non-hydrogen) atoms. The third-order valence-corrected chi connectivity index (χ3v) is 4.89. The van der Waals surface area contributed by atoms with Gasteiger partial charge < -0.3 is 0 Å². The lowest BCUT2D eigenvalue weighted by molar-refractivity contribution is 0.355. The molecule has 1 aromatic heterocycles. The fourth-order valence-electron chi connectivity index (χ4n) is 2.91. The normalized spacial score (nSPS) is 14.4. The van der Waals surface area contributed by atoms with Gasteiger partial charge in [0.05, 0.1) is 5.69 Å². The molecule has 1 heterocycles. The lowest BCUT2D eigenvalue weighted by Crippen LogP contribution is -2.23. The van der Waals surface area contributed by atoms with Crippen molar-refractivity contribution in [2.75, 3.05) is 0 Å². The van der Waals surface area contributed by atoms with Gasteiger partial charge in [0.25, 0.3) is 6.08 Å². The van der Waals surface area contributed by atoms with Crippen molar-refractivity contribution in [3.8, 4) is 0 Å². The van der Waals surface area contributed by atoms with Crippen LogP contribution >= 0.6 is 11.6 Å². The van der Waals surface area contributed by atoms with E-state index in [1.54, 1.807) is 7.05 Å². The number of nitrogens with zero attached hydrogens (tertiary/aromatic N) is 2. The van der Waals surface area contributed by atoms with Crippen LogP contribution in [-0.4, -0.2) is 9.55 Å². The van der Waals surface area contributed by atoms with E-state index in [0.717, 1.165) is 31.4 Å². The molecule has 0 bridgehead atoms. The molecule has 0 aliphatic heterocycles. The molecule has 122 valence electrons. The minimum absolute atomic E-state index is 0.109. The van der Waals surface area contributed by atoms with Gasteiger partial charge in [0.2, 0.25) is 0 Å². The maximum atomic E-state index is 13.7. The molecule has 2 nitrogen and oxygen atoms in total. The highest BCUT2D eigenvalue weighted by Crippen LogP contribution is 2.38. The predicted molar refractivity (Wildman–Crippen MR) is 88.4 cm³/mol. The largest absolute Gasteiger partial charge is 0.294 e. The topological polar surface area (TPSA) is 17.8 Å². The van der Waals surface area contributed by atoms with Gasteiger partial charge in [-0.2, -0.15) is 4.39 Å². The number of aromatic nitrogens is 2. The minimum atomic E-state index is -0.481. The number of hydrogen-bond donors (Lipinski definition) is 0. The highest BCUT2D eigenvalue weighted by molar-refractivity contribution is 6.30. The van der Waals surface area contributed by atoms with Crippen molar-refractivity contribution in [3.05, 3.63) is 16.9 Å². The van der Waals surface area contributed by atoms with Crippen molar-refractivity contribution in [3.63, 3.8) is 0 Å². The second kappa shape index (κ2) is 8.77. The van der Waals surface area contributed by atoms with Gasteiger partial charge in [-0.25, -0.2) is 4.98 Å². The monoisotopic (exact) mass is 316 g/mol. The summed E-state index contributed by atoms with van der Waals surface area (Å²) >= 11 is 6.31. The van der Waals surface area contributed by atoms with E-state index in [4.69, 9.17) is 11.6 Å². The zero-order chi connectivity index (χ0) is 15.9. The average Bonchev–Trinajstić information content (AvgIpc) is 2.72. The Morgan fingerprint density at radius 3 is 2.05 bits per heavy atom. The van der Waals surface area contributed by atoms with E-state index in [1.807, 2.05) is 0 Å². The van der Waals surface area contributed by atoms with Crippen molar-refractivity contribution in [2.24, 2.45) is 7.05 Å². The summed E-state index contributed by atoms with van der Waals surface area (Å²) in [6, 6.07) is 0. The molecule has 1 unspecified atom stereocenters. The third kappa shape index (κ3) is 4.98. The SMILES string of the molecule is CCCCCCC(C)(CCCCC)c1nc(F)n(C)c1Cl. The molecule has 0 saturated heterocycles. The maximum Gasteiger partial charge on any atom is 0.290 e. The van der Waals surface area contributed by atoms with Gasteiger partial charge in [-0.1, -0.05) is 77.3 Å². The van der Waals surface area contributed by atoms with Crippen molar-refractivity contribution in [2.45, 2.75) is 84.0 Å². The second-order valence-corrected chi connectivity index (χ2v) is 6.77. The smallest absolute Gasteiger partial charge is 0.290 e. The van der Waals surface area contributed by atoms with Crippen LogP contribution in [-0.2, 0) is 12.5 Å². The lowest BCUT2D eigenvalue weighted by atomic mass is 9.77. The summed E-state index contributed by atoms with van der Waals surface area (Å²) in [6.45, 7) is 6.61. The lowest BCUT2D eigenvalue weighted by Gasteiger charge is -2.28. The Balaban J connectivity index is 2.86. The number of imidazole rings is 1. The van der Waals surface area contributed by atoms with Crippen LogP contribution in [0.2, 0.25) is 5.15 Å². The third-order valence-electron chi connectivity index (χ3n) is 4.46. The fourth-order valence-corrected chi connectivity index (χ4v) is 3.25. The van der Waals surface area contributed by atoms with E-state index < -0.39 is 6.08 Å². The molecule has 4 heteroatoms. The van der Waals surface area contributed by atoms with Gasteiger partial charge in [0.1, 0.15) is 5.15 Å². The Kier molecular flexibility index (Phi) is 7.72. The molecule has 1 atom stereocenters. The second-order valence-electron chi connectivity index (χ2n) is 6.41. The Morgan fingerprint density at radius 1 is 1.05 bits per heavy atom. The summed E-state index contributed by atoms with van der Waals surface area (Å²) < 4.78 is 15.1.